The third-order valence-electron chi connectivity index (χ3n) is 5.05. The van der Waals surface area contributed by atoms with E-state index in [4.69, 9.17) is 36.9 Å². The van der Waals surface area contributed by atoms with Crippen molar-refractivity contribution < 1.29 is 19.6 Å². The van der Waals surface area contributed by atoms with E-state index in [1.54, 1.807) is 27.0 Å². The lowest BCUT2D eigenvalue weighted by atomic mass is 9.98. The van der Waals surface area contributed by atoms with E-state index in [2.05, 4.69) is 10.3 Å². The Balaban J connectivity index is 1.72. The summed E-state index contributed by atoms with van der Waals surface area (Å²) in [6.45, 7) is 7.01. The number of fused-ring (bicyclic) bond motifs is 1. The standard InChI is InChI=1S/C22H24ClN3O4/c1-13(22(4)29-27-21(2,3)28-30-22)26-20-17(6-5-7-18(20)24)15-10-11-25-19-12-14(23)8-9-16(15)19/h5-13,26H,24H2,1-4H3. The van der Waals surface area contributed by atoms with Crippen LogP contribution < -0.4 is 11.1 Å². The molecule has 2 heterocycles. The SMILES string of the molecule is CC(Nc1c(N)cccc1-c1ccnc2cc(Cl)ccc12)C1(C)OOC(C)(C)OO1. The molecule has 1 aliphatic heterocycles. The van der Waals surface area contributed by atoms with Crippen molar-refractivity contribution in [3.05, 3.63) is 53.7 Å². The van der Waals surface area contributed by atoms with Crippen LogP contribution in [-0.4, -0.2) is 22.6 Å². The van der Waals surface area contributed by atoms with Crippen molar-refractivity contribution in [3.63, 3.8) is 0 Å². The van der Waals surface area contributed by atoms with Gasteiger partial charge in [-0.1, -0.05) is 29.8 Å². The molecule has 1 unspecified atom stereocenters. The zero-order valence-electron chi connectivity index (χ0n) is 17.2. The van der Waals surface area contributed by atoms with E-state index in [1.807, 2.05) is 49.4 Å². The largest absolute Gasteiger partial charge is 0.397 e. The highest BCUT2D eigenvalue weighted by Gasteiger charge is 2.45. The molecule has 1 saturated heterocycles. The average Bonchev–Trinajstić information content (AvgIpc) is 2.71. The molecule has 8 heteroatoms. The van der Waals surface area contributed by atoms with Crippen LogP contribution in [0.25, 0.3) is 22.0 Å². The second-order valence-corrected chi connectivity index (χ2v) is 8.34. The van der Waals surface area contributed by atoms with Crippen LogP contribution in [0.4, 0.5) is 11.4 Å². The Morgan fingerprint density at radius 2 is 1.73 bits per heavy atom. The Morgan fingerprint density at radius 1 is 1.00 bits per heavy atom. The average molecular weight is 430 g/mol. The number of pyridine rings is 1. The van der Waals surface area contributed by atoms with Crippen LogP contribution in [0.1, 0.15) is 27.7 Å². The summed E-state index contributed by atoms with van der Waals surface area (Å²) in [5.74, 6) is -2.18. The molecule has 0 spiro atoms. The topological polar surface area (TPSA) is 87.9 Å². The van der Waals surface area contributed by atoms with Crippen LogP contribution in [0.15, 0.2) is 48.7 Å². The summed E-state index contributed by atoms with van der Waals surface area (Å²) in [5.41, 5.74) is 10.4. The minimum absolute atomic E-state index is 0.375. The maximum Gasteiger partial charge on any atom is 0.250 e. The molecule has 1 aromatic heterocycles. The molecule has 3 N–H and O–H groups in total. The second-order valence-electron chi connectivity index (χ2n) is 7.90. The van der Waals surface area contributed by atoms with Gasteiger partial charge in [-0.3, -0.25) is 4.98 Å². The maximum atomic E-state index is 6.35. The third kappa shape index (κ3) is 3.95. The number of benzene rings is 2. The number of nitrogen functional groups attached to an aromatic ring is 1. The predicted octanol–water partition coefficient (Wildman–Crippen LogP) is 5.30. The van der Waals surface area contributed by atoms with Crippen molar-refractivity contribution in [2.75, 3.05) is 11.1 Å². The van der Waals surface area contributed by atoms with Crippen LogP contribution in [0.2, 0.25) is 5.02 Å². The molecule has 4 rings (SSSR count). The Bertz CT molecular complexity index is 1080. The van der Waals surface area contributed by atoms with Gasteiger partial charge >= 0.3 is 0 Å². The first-order chi connectivity index (χ1) is 14.2. The van der Waals surface area contributed by atoms with Crippen molar-refractivity contribution in [1.82, 2.24) is 4.98 Å². The maximum absolute atomic E-state index is 6.35. The van der Waals surface area contributed by atoms with E-state index in [-0.39, 0.29) is 6.04 Å². The number of halogens is 1. The van der Waals surface area contributed by atoms with E-state index < -0.39 is 11.6 Å². The molecular formula is C22H24ClN3O4. The molecule has 0 saturated carbocycles. The molecule has 3 aromatic rings. The van der Waals surface area contributed by atoms with Crippen molar-refractivity contribution in [2.24, 2.45) is 0 Å². The Kier molecular flexibility index (Phi) is 5.34. The molecule has 158 valence electrons. The molecule has 7 nitrogen and oxygen atoms in total. The zero-order valence-corrected chi connectivity index (χ0v) is 18.0. The highest BCUT2D eigenvalue weighted by atomic mass is 35.5. The molecule has 1 atom stereocenters. The molecule has 0 aliphatic carbocycles. The fourth-order valence-corrected chi connectivity index (χ4v) is 3.36. The Labute approximate surface area is 179 Å². The first kappa shape index (κ1) is 20.8. The number of anilines is 2. The summed E-state index contributed by atoms with van der Waals surface area (Å²) in [5, 5.41) is 5.01. The zero-order chi connectivity index (χ0) is 21.5. The summed E-state index contributed by atoms with van der Waals surface area (Å²) >= 11 is 6.14. The van der Waals surface area contributed by atoms with Crippen LogP contribution in [0.5, 0.6) is 0 Å². The van der Waals surface area contributed by atoms with E-state index in [1.165, 1.54) is 0 Å². The van der Waals surface area contributed by atoms with Crippen LogP contribution >= 0.6 is 11.6 Å². The van der Waals surface area contributed by atoms with Gasteiger partial charge in [0.25, 0.3) is 5.79 Å². The molecule has 0 bridgehead atoms. The van der Waals surface area contributed by atoms with Gasteiger partial charge in [0.15, 0.2) is 0 Å². The molecular weight excluding hydrogens is 406 g/mol. The van der Waals surface area contributed by atoms with E-state index in [0.29, 0.717) is 10.7 Å². The molecule has 30 heavy (non-hydrogen) atoms. The number of aromatic nitrogens is 1. The monoisotopic (exact) mass is 429 g/mol. The minimum Gasteiger partial charge on any atom is -0.397 e. The van der Waals surface area contributed by atoms with Crippen LogP contribution in [0, 0.1) is 0 Å². The summed E-state index contributed by atoms with van der Waals surface area (Å²) in [7, 11) is 0. The minimum atomic E-state index is -1.19. The van der Waals surface area contributed by atoms with E-state index in [9.17, 15) is 0 Å². The van der Waals surface area contributed by atoms with Crippen molar-refractivity contribution in [3.8, 4) is 11.1 Å². The van der Waals surface area contributed by atoms with Gasteiger partial charge in [-0.15, -0.1) is 0 Å². The van der Waals surface area contributed by atoms with Gasteiger partial charge in [0, 0.05) is 22.2 Å². The Hall–Kier alpha value is -2.42. The van der Waals surface area contributed by atoms with E-state index >= 15 is 0 Å². The van der Waals surface area contributed by atoms with Crippen molar-refractivity contribution in [2.45, 2.75) is 45.3 Å². The van der Waals surface area contributed by atoms with Crippen LogP contribution in [0.3, 0.4) is 0 Å². The highest BCUT2D eigenvalue weighted by Crippen LogP contribution is 2.39. The first-order valence-electron chi connectivity index (χ1n) is 9.62. The number of nitrogens with zero attached hydrogens (tertiary/aromatic N) is 1. The van der Waals surface area contributed by atoms with Crippen molar-refractivity contribution in [1.29, 1.82) is 0 Å². The van der Waals surface area contributed by atoms with Gasteiger partial charge in [-0.2, -0.15) is 19.6 Å². The van der Waals surface area contributed by atoms with Gasteiger partial charge in [-0.25, -0.2) is 0 Å². The lowest BCUT2D eigenvalue weighted by Crippen LogP contribution is -2.54. The lowest BCUT2D eigenvalue weighted by Gasteiger charge is -2.41. The smallest absolute Gasteiger partial charge is 0.250 e. The summed E-state index contributed by atoms with van der Waals surface area (Å²) in [6, 6.07) is 12.9. The number of nitrogens with one attached hydrogen (secondary N) is 1. The van der Waals surface area contributed by atoms with E-state index in [0.717, 1.165) is 27.7 Å². The summed E-state index contributed by atoms with van der Waals surface area (Å²) in [6.07, 6.45) is 1.75. The molecule has 1 fully saturated rings. The Morgan fingerprint density at radius 3 is 2.47 bits per heavy atom. The fraction of sp³-hybridized carbons (Fsp3) is 0.318. The molecule has 0 amide bonds. The van der Waals surface area contributed by atoms with Gasteiger partial charge in [0.1, 0.15) is 0 Å². The lowest BCUT2D eigenvalue weighted by molar-refractivity contribution is -0.648. The summed E-state index contributed by atoms with van der Waals surface area (Å²) < 4.78 is 0. The number of para-hydroxylation sites is 1. The van der Waals surface area contributed by atoms with Gasteiger partial charge in [0.05, 0.1) is 22.9 Å². The number of nitrogens with two attached hydrogens (primary N) is 1. The number of hydrogen-bond acceptors (Lipinski definition) is 7. The van der Waals surface area contributed by atoms with Crippen molar-refractivity contribution >= 4 is 33.9 Å². The van der Waals surface area contributed by atoms with Gasteiger partial charge in [-0.05, 0) is 57.5 Å². The van der Waals surface area contributed by atoms with Crippen LogP contribution in [-0.2, 0) is 19.6 Å². The quantitative estimate of drug-likeness (QED) is 0.429. The molecule has 2 aromatic carbocycles. The molecule has 1 aliphatic rings. The fourth-order valence-electron chi connectivity index (χ4n) is 3.20. The molecule has 0 radical (unpaired) electrons. The number of rotatable bonds is 4. The second kappa shape index (κ2) is 7.68. The highest BCUT2D eigenvalue weighted by molar-refractivity contribution is 6.31. The van der Waals surface area contributed by atoms with Gasteiger partial charge in [0.2, 0.25) is 5.79 Å². The third-order valence-corrected chi connectivity index (χ3v) is 5.29. The number of hydrogen-bond donors (Lipinski definition) is 2. The predicted molar refractivity (Wildman–Crippen MR) is 117 cm³/mol. The first-order valence-corrected chi connectivity index (χ1v) is 10.00. The normalized spacial score (nSPS) is 18.8. The summed E-state index contributed by atoms with van der Waals surface area (Å²) in [4.78, 5) is 26.1. The van der Waals surface area contributed by atoms with Gasteiger partial charge < -0.3 is 11.1 Å².